The molecule has 0 spiro atoms. The molecule has 12 nitrogen and oxygen atoms in total. The van der Waals surface area contributed by atoms with Gasteiger partial charge >= 0.3 is 29.6 Å². The van der Waals surface area contributed by atoms with Crippen molar-refractivity contribution < 1.29 is 69.7 Å². The number of benzene rings is 2. The summed E-state index contributed by atoms with van der Waals surface area (Å²) in [4.78, 5) is 26.7. The molecule has 2 heterocycles. The Morgan fingerprint density at radius 3 is 2.16 bits per heavy atom. The molecule has 0 bridgehead atoms. The van der Waals surface area contributed by atoms with Crippen molar-refractivity contribution >= 4 is 49.1 Å². The van der Waals surface area contributed by atoms with Crippen molar-refractivity contribution in [2.75, 3.05) is 43.1 Å². The van der Waals surface area contributed by atoms with Crippen LogP contribution in [-0.2, 0) is 35.9 Å². The first-order valence-electron chi connectivity index (χ1n) is 16.3. The monoisotopic (exact) mass is 736 g/mol. The molecular formula is C35H45N4NaO8S2. The van der Waals surface area contributed by atoms with E-state index in [9.17, 15) is 35.5 Å². The first-order chi connectivity index (χ1) is 22.9. The second-order valence-electron chi connectivity index (χ2n) is 13.4. The smallest absolute Gasteiger partial charge is 0.748 e. The molecule has 2 aliphatic heterocycles. The van der Waals surface area contributed by atoms with Crippen molar-refractivity contribution in [3.63, 3.8) is 0 Å². The predicted molar refractivity (Wildman–Crippen MR) is 187 cm³/mol. The number of hydrogen-bond acceptors (Lipinski definition) is 9. The van der Waals surface area contributed by atoms with Crippen molar-refractivity contribution in [2.24, 2.45) is 0 Å². The quantitative estimate of drug-likeness (QED) is 0.114. The van der Waals surface area contributed by atoms with E-state index in [1.54, 1.807) is 6.07 Å². The Bertz CT molecular complexity index is 1920. The van der Waals surface area contributed by atoms with E-state index in [0.717, 1.165) is 33.9 Å². The number of likely N-dealkylation sites (N-methyl/N-ethyl adjacent to an activating group) is 1. The topological polar surface area (TPSA) is 179 Å². The minimum atomic E-state index is -4.34. The second-order valence-corrected chi connectivity index (χ2v) is 16.4. The Hall–Kier alpha value is -2.85. The van der Waals surface area contributed by atoms with Crippen LogP contribution in [0.2, 0.25) is 0 Å². The molecule has 2 amide bonds. The Morgan fingerprint density at radius 2 is 1.52 bits per heavy atom. The number of nitrogens with one attached hydrogen (secondary N) is 2. The molecule has 0 atom stereocenters. The maximum atomic E-state index is 12.9. The molecule has 0 fully saturated rings. The van der Waals surface area contributed by atoms with Gasteiger partial charge in [0.05, 0.1) is 32.2 Å². The van der Waals surface area contributed by atoms with Gasteiger partial charge < -0.3 is 24.6 Å². The summed E-state index contributed by atoms with van der Waals surface area (Å²) in [6, 6.07) is 13.4. The SMILES string of the molecule is CNC(=O)CNC(=O)c1ccc2c(c1)C(C)(C)/C(=C\C=C\C1=[N+](CCCCS(=O)(=O)[O-])c3ccccc3C1(C)C)N2CCCCS(=O)(=O)[O-].[Na+]. The fourth-order valence-corrected chi connectivity index (χ4v) is 7.73. The van der Waals surface area contributed by atoms with Gasteiger partial charge in [-0.25, -0.2) is 16.8 Å². The van der Waals surface area contributed by atoms with Crippen LogP contribution in [0.15, 0.2) is 66.4 Å². The van der Waals surface area contributed by atoms with Gasteiger partial charge in [0.2, 0.25) is 11.6 Å². The van der Waals surface area contributed by atoms with Crippen LogP contribution in [0.4, 0.5) is 11.4 Å². The number of fused-ring (bicyclic) bond motifs is 2. The van der Waals surface area contributed by atoms with Gasteiger partial charge in [-0.15, -0.1) is 0 Å². The van der Waals surface area contributed by atoms with Crippen LogP contribution in [0.25, 0.3) is 0 Å². The maximum absolute atomic E-state index is 12.9. The van der Waals surface area contributed by atoms with Gasteiger partial charge in [0.1, 0.15) is 6.54 Å². The van der Waals surface area contributed by atoms with Crippen LogP contribution in [-0.4, -0.2) is 86.2 Å². The van der Waals surface area contributed by atoms with Crippen LogP contribution >= 0.6 is 0 Å². The minimum absolute atomic E-state index is 0. The average Bonchev–Trinajstić information content (AvgIpc) is 3.37. The molecule has 0 radical (unpaired) electrons. The van der Waals surface area contributed by atoms with Gasteiger partial charge in [-0.3, -0.25) is 9.59 Å². The number of allylic oxidation sites excluding steroid dienone is 4. The van der Waals surface area contributed by atoms with Crippen molar-refractivity contribution in [2.45, 2.75) is 64.2 Å². The molecule has 4 rings (SSSR count). The Morgan fingerprint density at radius 1 is 0.880 bits per heavy atom. The number of anilines is 1. The zero-order valence-electron chi connectivity index (χ0n) is 29.6. The summed E-state index contributed by atoms with van der Waals surface area (Å²) in [6.07, 6.45) is 7.42. The van der Waals surface area contributed by atoms with Crippen LogP contribution in [0.1, 0.15) is 74.9 Å². The summed E-state index contributed by atoms with van der Waals surface area (Å²) in [7, 11) is -7.15. The van der Waals surface area contributed by atoms with E-state index in [1.807, 2.05) is 62.4 Å². The third-order valence-corrected chi connectivity index (χ3v) is 10.8. The molecule has 0 aromatic heterocycles. The predicted octanol–water partition coefficient (Wildman–Crippen LogP) is 0.431. The van der Waals surface area contributed by atoms with Gasteiger partial charge in [-0.2, -0.15) is 4.58 Å². The standard InChI is InChI=1S/C35H46N4O8S2.Na/c1-34(2)26-13-6-7-14-28(26)38(19-8-10-21-48(42,43)44)30(34)15-12-16-31-35(3,4)27-23-25(33(41)37-24-32(40)36-5)17-18-29(27)39(31)20-9-11-22-49(45,46)47;/h6-7,12-18,23H,8-11,19-22,24H2,1-5H3,(H3-,36,37,40,41,42,43,44,45,46,47);/q;+1/p-1. The molecule has 0 saturated heterocycles. The first-order valence-corrected chi connectivity index (χ1v) is 19.4. The Balaban J connectivity index is 0.00000676. The summed E-state index contributed by atoms with van der Waals surface area (Å²) < 4.78 is 69.5. The number of para-hydroxylation sites is 1. The van der Waals surface area contributed by atoms with Crippen molar-refractivity contribution in [3.05, 3.63) is 83.1 Å². The molecular weight excluding hydrogens is 692 g/mol. The van der Waals surface area contributed by atoms with Gasteiger partial charge in [0, 0.05) is 71.6 Å². The van der Waals surface area contributed by atoms with E-state index in [0.29, 0.717) is 31.5 Å². The van der Waals surface area contributed by atoms with E-state index in [2.05, 4.69) is 40.0 Å². The molecule has 2 aromatic rings. The van der Waals surface area contributed by atoms with Crippen molar-refractivity contribution in [1.82, 2.24) is 10.6 Å². The van der Waals surface area contributed by atoms with E-state index in [-0.39, 0.29) is 66.2 Å². The molecule has 2 N–H and O–H groups in total. The van der Waals surface area contributed by atoms with E-state index < -0.39 is 37.2 Å². The van der Waals surface area contributed by atoms with E-state index in [1.165, 1.54) is 7.05 Å². The second kappa shape index (κ2) is 16.7. The third kappa shape index (κ3) is 9.93. The molecule has 50 heavy (non-hydrogen) atoms. The molecule has 2 aliphatic rings. The molecule has 266 valence electrons. The van der Waals surface area contributed by atoms with Gasteiger partial charge in [0.25, 0.3) is 5.91 Å². The van der Waals surface area contributed by atoms with Gasteiger partial charge in [-0.05, 0) is 62.9 Å². The first kappa shape index (κ1) is 41.6. The number of unbranched alkanes of at least 4 members (excludes halogenated alkanes) is 2. The zero-order chi connectivity index (χ0) is 36.2. The molecule has 15 heteroatoms. The summed E-state index contributed by atoms with van der Waals surface area (Å²) in [6.45, 7) is 9.15. The van der Waals surface area contributed by atoms with Crippen LogP contribution in [0.3, 0.4) is 0 Å². The normalized spacial score (nSPS) is 17.1. The average molecular weight is 737 g/mol. The number of carbonyl (C=O) groups is 2. The summed E-state index contributed by atoms with van der Waals surface area (Å²) in [5.74, 6) is -1.57. The fraction of sp³-hybridized carbons (Fsp3) is 0.457. The zero-order valence-corrected chi connectivity index (χ0v) is 33.2. The van der Waals surface area contributed by atoms with Crippen molar-refractivity contribution in [3.8, 4) is 0 Å². The third-order valence-electron chi connectivity index (χ3n) is 9.20. The number of rotatable bonds is 15. The van der Waals surface area contributed by atoms with Gasteiger partial charge in [-0.1, -0.05) is 38.1 Å². The number of nitrogens with zero attached hydrogens (tertiary/aromatic N) is 2. The number of amides is 2. The molecule has 0 saturated carbocycles. The largest absolute Gasteiger partial charge is 1.00 e. The molecule has 0 aliphatic carbocycles. The summed E-state index contributed by atoms with van der Waals surface area (Å²) in [5, 5.41) is 5.10. The van der Waals surface area contributed by atoms with Crippen LogP contribution in [0.5, 0.6) is 0 Å². The van der Waals surface area contributed by atoms with E-state index >= 15 is 0 Å². The van der Waals surface area contributed by atoms with Crippen LogP contribution < -0.4 is 45.1 Å². The van der Waals surface area contributed by atoms with Crippen LogP contribution in [0, 0.1) is 0 Å². The Labute approximate surface area is 317 Å². The number of hydrogen-bond donors (Lipinski definition) is 2. The fourth-order valence-electron chi connectivity index (χ4n) is 6.62. The number of carbonyl (C=O) groups excluding carboxylic acids is 2. The Kier molecular flexibility index (Phi) is 13.8. The molecule has 2 aromatic carbocycles. The van der Waals surface area contributed by atoms with Gasteiger partial charge in [0.15, 0.2) is 5.71 Å². The summed E-state index contributed by atoms with van der Waals surface area (Å²) >= 11 is 0. The van der Waals surface area contributed by atoms with E-state index in [4.69, 9.17) is 0 Å². The van der Waals surface area contributed by atoms with Crippen molar-refractivity contribution in [1.29, 1.82) is 0 Å². The minimum Gasteiger partial charge on any atom is -0.748 e. The maximum Gasteiger partial charge on any atom is 1.00 e. The summed E-state index contributed by atoms with van der Waals surface area (Å²) in [5.41, 5.74) is 5.25. The molecule has 0 unspecified atom stereocenters.